The van der Waals surface area contributed by atoms with Crippen molar-refractivity contribution >= 4 is 6.09 Å². The van der Waals surface area contributed by atoms with E-state index in [2.05, 4.69) is 24.5 Å². The van der Waals surface area contributed by atoms with Crippen LogP contribution < -0.4 is 10.6 Å². The van der Waals surface area contributed by atoms with Crippen molar-refractivity contribution in [3.05, 3.63) is 0 Å². The molecule has 17 heavy (non-hydrogen) atoms. The molecule has 0 aromatic heterocycles. The maximum atomic E-state index is 10.8. The molecule has 98 valence electrons. The molecule has 2 aliphatic rings. The summed E-state index contributed by atoms with van der Waals surface area (Å²) in [5, 5.41) is 5.89. The topological polar surface area (TPSA) is 68.8 Å². The highest BCUT2D eigenvalue weighted by Crippen LogP contribution is 2.15. The first-order valence-corrected chi connectivity index (χ1v) is 5.96. The Bertz CT molecular complexity index is 283. The van der Waals surface area contributed by atoms with Gasteiger partial charge < -0.3 is 24.8 Å². The highest BCUT2D eigenvalue weighted by Gasteiger charge is 2.29. The quantitative estimate of drug-likeness (QED) is 0.721. The van der Waals surface area contributed by atoms with Crippen LogP contribution in [0.5, 0.6) is 0 Å². The molecule has 2 atom stereocenters. The minimum atomic E-state index is -0.365. The van der Waals surface area contributed by atoms with Gasteiger partial charge in [0.2, 0.25) is 0 Å². The molecule has 2 unspecified atom stereocenters. The number of carbonyl (C=O) groups excluding carboxylic acids is 1. The maximum absolute atomic E-state index is 10.8. The Morgan fingerprint density at radius 3 is 2.76 bits per heavy atom. The van der Waals surface area contributed by atoms with Crippen LogP contribution in [0.2, 0.25) is 0 Å². The summed E-state index contributed by atoms with van der Waals surface area (Å²) in [5.74, 6) is 0. The van der Waals surface area contributed by atoms with E-state index in [0.717, 1.165) is 13.1 Å². The zero-order chi connectivity index (χ0) is 12.3. The van der Waals surface area contributed by atoms with Crippen molar-refractivity contribution in [2.24, 2.45) is 0 Å². The smallest absolute Gasteiger partial charge is 0.407 e. The summed E-state index contributed by atoms with van der Waals surface area (Å²) in [5.41, 5.74) is -0.145. The Morgan fingerprint density at radius 2 is 2.12 bits per heavy atom. The van der Waals surface area contributed by atoms with Crippen LogP contribution in [-0.2, 0) is 14.2 Å². The first-order valence-electron chi connectivity index (χ1n) is 5.96. The Hall–Kier alpha value is -0.850. The van der Waals surface area contributed by atoms with E-state index >= 15 is 0 Å². The number of rotatable bonds is 4. The van der Waals surface area contributed by atoms with Crippen LogP contribution in [0, 0.1) is 0 Å². The van der Waals surface area contributed by atoms with Gasteiger partial charge in [-0.2, -0.15) is 0 Å². The average molecular weight is 244 g/mol. The van der Waals surface area contributed by atoms with E-state index < -0.39 is 0 Å². The average Bonchev–Trinajstić information content (AvgIpc) is 2.63. The number of hydrogen-bond acceptors (Lipinski definition) is 5. The number of cyclic esters (lactones) is 1. The van der Waals surface area contributed by atoms with E-state index in [1.807, 2.05) is 0 Å². The Balaban J connectivity index is 1.63. The molecule has 6 heteroatoms. The molecule has 0 spiro atoms. The van der Waals surface area contributed by atoms with E-state index in [1.165, 1.54) is 0 Å². The minimum absolute atomic E-state index is 0.0591. The van der Waals surface area contributed by atoms with E-state index in [0.29, 0.717) is 19.8 Å². The molecule has 0 aromatic rings. The summed E-state index contributed by atoms with van der Waals surface area (Å²) < 4.78 is 16.3. The van der Waals surface area contributed by atoms with Crippen molar-refractivity contribution in [2.45, 2.75) is 31.7 Å². The number of ether oxygens (including phenoxy) is 3. The van der Waals surface area contributed by atoms with Crippen LogP contribution >= 0.6 is 0 Å². The minimum Gasteiger partial charge on any atom is -0.442 e. The fraction of sp³-hybridized carbons (Fsp3) is 0.909. The lowest BCUT2D eigenvalue weighted by Gasteiger charge is -2.36. The van der Waals surface area contributed by atoms with Crippen molar-refractivity contribution in [3.8, 4) is 0 Å². The van der Waals surface area contributed by atoms with E-state index in [4.69, 9.17) is 14.2 Å². The molecule has 6 nitrogen and oxygen atoms in total. The second kappa shape index (κ2) is 5.20. The molecule has 2 saturated heterocycles. The molecule has 0 saturated carbocycles. The van der Waals surface area contributed by atoms with Gasteiger partial charge in [0.05, 0.1) is 31.5 Å². The zero-order valence-electron chi connectivity index (χ0n) is 10.3. The van der Waals surface area contributed by atoms with Gasteiger partial charge in [0.25, 0.3) is 0 Å². The SMILES string of the molecule is CC1(C)CNCC(COCC2CNC(=O)O2)O1. The number of morpholine rings is 1. The van der Waals surface area contributed by atoms with Crippen molar-refractivity contribution in [3.63, 3.8) is 0 Å². The second-order valence-corrected chi connectivity index (χ2v) is 5.08. The lowest BCUT2D eigenvalue weighted by molar-refractivity contribution is -0.124. The van der Waals surface area contributed by atoms with Crippen LogP contribution in [0.1, 0.15) is 13.8 Å². The van der Waals surface area contributed by atoms with Crippen molar-refractivity contribution in [1.29, 1.82) is 0 Å². The Kier molecular flexibility index (Phi) is 3.86. The summed E-state index contributed by atoms with van der Waals surface area (Å²) in [7, 11) is 0. The monoisotopic (exact) mass is 244 g/mol. The number of amides is 1. The Morgan fingerprint density at radius 1 is 1.35 bits per heavy atom. The molecule has 2 fully saturated rings. The van der Waals surface area contributed by atoms with Crippen molar-refractivity contribution in [2.75, 3.05) is 32.8 Å². The number of carbonyl (C=O) groups is 1. The molecular formula is C11H20N2O4. The van der Waals surface area contributed by atoms with Crippen molar-refractivity contribution in [1.82, 2.24) is 10.6 Å². The van der Waals surface area contributed by atoms with E-state index in [9.17, 15) is 4.79 Å². The zero-order valence-corrected chi connectivity index (χ0v) is 10.3. The van der Waals surface area contributed by atoms with Gasteiger partial charge in [0.1, 0.15) is 6.10 Å². The van der Waals surface area contributed by atoms with Gasteiger partial charge in [-0.1, -0.05) is 0 Å². The first kappa shape index (κ1) is 12.6. The summed E-state index contributed by atoms with van der Waals surface area (Å²) in [6, 6.07) is 0. The number of alkyl carbamates (subject to hydrolysis) is 1. The molecule has 0 radical (unpaired) electrons. The third-order valence-electron chi connectivity index (χ3n) is 2.76. The van der Waals surface area contributed by atoms with Crippen LogP contribution in [-0.4, -0.2) is 56.8 Å². The van der Waals surface area contributed by atoms with E-state index in [1.54, 1.807) is 0 Å². The highest BCUT2D eigenvalue weighted by atomic mass is 16.6. The van der Waals surface area contributed by atoms with Gasteiger partial charge in [0, 0.05) is 13.1 Å². The van der Waals surface area contributed by atoms with Gasteiger partial charge in [-0.25, -0.2) is 4.79 Å². The maximum Gasteiger partial charge on any atom is 0.407 e. The predicted octanol–water partition coefficient (Wildman–Crippen LogP) is -0.122. The second-order valence-electron chi connectivity index (χ2n) is 5.08. The molecule has 0 bridgehead atoms. The van der Waals surface area contributed by atoms with Crippen LogP contribution in [0.3, 0.4) is 0 Å². The van der Waals surface area contributed by atoms with E-state index in [-0.39, 0.29) is 23.9 Å². The third-order valence-corrected chi connectivity index (χ3v) is 2.76. The van der Waals surface area contributed by atoms with Gasteiger partial charge in [-0.15, -0.1) is 0 Å². The van der Waals surface area contributed by atoms with Gasteiger partial charge in [-0.05, 0) is 13.8 Å². The standard InChI is InChI=1S/C11H20N2O4/c1-11(2)7-12-3-9(17-11)6-15-5-8-4-13-10(14)16-8/h8-9,12H,3-7H2,1-2H3,(H,13,14). The summed E-state index contributed by atoms with van der Waals surface area (Å²) >= 11 is 0. The summed E-state index contributed by atoms with van der Waals surface area (Å²) in [6.07, 6.45) is -0.480. The molecule has 2 heterocycles. The number of nitrogens with one attached hydrogen (secondary N) is 2. The molecule has 0 aliphatic carbocycles. The molecule has 2 N–H and O–H groups in total. The molecule has 2 aliphatic heterocycles. The van der Waals surface area contributed by atoms with Gasteiger partial charge in [-0.3, -0.25) is 0 Å². The molecule has 1 amide bonds. The third kappa shape index (κ3) is 3.83. The molecule has 0 aromatic carbocycles. The largest absolute Gasteiger partial charge is 0.442 e. The fourth-order valence-electron chi connectivity index (χ4n) is 2.02. The fourth-order valence-corrected chi connectivity index (χ4v) is 2.02. The summed E-state index contributed by atoms with van der Waals surface area (Å²) in [4.78, 5) is 10.8. The highest BCUT2D eigenvalue weighted by molar-refractivity contribution is 5.69. The predicted molar refractivity (Wildman–Crippen MR) is 60.9 cm³/mol. The van der Waals surface area contributed by atoms with Crippen molar-refractivity contribution < 1.29 is 19.0 Å². The summed E-state index contributed by atoms with van der Waals surface area (Å²) in [6.45, 7) is 7.21. The normalized spacial score (nSPS) is 32.0. The number of hydrogen-bond donors (Lipinski definition) is 2. The molecule has 2 rings (SSSR count). The lowest BCUT2D eigenvalue weighted by atomic mass is 10.1. The van der Waals surface area contributed by atoms with Gasteiger partial charge in [0.15, 0.2) is 0 Å². The first-order chi connectivity index (χ1) is 8.05. The van der Waals surface area contributed by atoms with Crippen LogP contribution in [0.4, 0.5) is 4.79 Å². The van der Waals surface area contributed by atoms with Crippen LogP contribution in [0.25, 0.3) is 0 Å². The van der Waals surface area contributed by atoms with Crippen LogP contribution in [0.15, 0.2) is 0 Å². The Labute approximate surface area is 101 Å². The van der Waals surface area contributed by atoms with Gasteiger partial charge >= 0.3 is 6.09 Å². The lowest BCUT2D eigenvalue weighted by Crippen LogP contribution is -2.52. The molecular weight excluding hydrogens is 224 g/mol.